The van der Waals surface area contributed by atoms with Crippen molar-refractivity contribution in [3.63, 3.8) is 0 Å². The Morgan fingerprint density at radius 3 is 2.61 bits per heavy atom. The van der Waals surface area contributed by atoms with Crippen molar-refractivity contribution < 1.29 is 8.42 Å². The number of hydrogen-bond acceptors (Lipinski definition) is 7. The van der Waals surface area contributed by atoms with Crippen LogP contribution in [0.25, 0.3) is 0 Å². The van der Waals surface area contributed by atoms with Gasteiger partial charge in [-0.2, -0.15) is 0 Å². The average molecular weight is 304 g/mol. The van der Waals surface area contributed by atoms with E-state index < -0.39 is 15.6 Å². The van der Waals surface area contributed by atoms with E-state index in [0.717, 1.165) is 22.7 Å². The largest absolute Gasteiger partial charge is 0.320 e. The van der Waals surface area contributed by atoms with Crippen LogP contribution in [-0.2, 0) is 15.6 Å². The molecule has 0 radical (unpaired) electrons. The molecule has 0 aromatic carbocycles. The van der Waals surface area contributed by atoms with Gasteiger partial charge in [0.2, 0.25) is 5.13 Å². The summed E-state index contributed by atoms with van der Waals surface area (Å²) in [5, 5.41) is 10.1. The zero-order valence-corrected chi connectivity index (χ0v) is 12.2. The molecule has 0 bridgehead atoms. The third kappa shape index (κ3) is 2.86. The summed E-state index contributed by atoms with van der Waals surface area (Å²) in [5.74, 6) is 0. The Labute approximate surface area is 113 Å². The molecule has 3 N–H and O–H groups in total. The number of rotatable bonds is 4. The van der Waals surface area contributed by atoms with Crippen molar-refractivity contribution in [2.75, 3.05) is 4.72 Å². The zero-order valence-electron chi connectivity index (χ0n) is 9.75. The zero-order chi connectivity index (χ0) is 13.4. The van der Waals surface area contributed by atoms with E-state index in [4.69, 9.17) is 5.73 Å². The third-order valence-electron chi connectivity index (χ3n) is 1.96. The second kappa shape index (κ2) is 4.57. The van der Waals surface area contributed by atoms with Crippen molar-refractivity contribution in [1.82, 2.24) is 10.2 Å². The van der Waals surface area contributed by atoms with Gasteiger partial charge in [0.05, 0.1) is 5.54 Å². The lowest BCUT2D eigenvalue weighted by Crippen LogP contribution is -2.28. The van der Waals surface area contributed by atoms with Gasteiger partial charge < -0.3 is 5.73 Å². The Morgan fingerprint density at radius 1 is 1.39 bits per heavy atom. The molecule has 2 aromatic rings. The van der Waals surface area contributed by atoms with E-state index in [0.29, 0.717) is 5.01 Å². The predicted molar refractivity (Wildman–Crippen MR) is 72.2 cm³/mol. The number of sulfonamides is 1. The molecule has 6 nitrogen and oxygen atoms in total. The molecule has 0 aliphatic heterocycles. The average Bonchev–Trinajstić information content (AvgIpc) is 2.83. The Hall–Kier alpha value is -1.03. The van der Waals surface area contributed by atoms with E-state index in [9.17, 15) is 8.42 Å². The minimum Gasteiger partial charge on any atom is -0.320 e. The van der Waals surface area contributed by atoms with Crippen LogP contribution in [0.3, 0.4) is 0 Å². The maximum Gasteiger partial charge on any atom is 0.273 e. The van der Waals surface area contributed by atoms with Crippen LogP contribution in [0.5, 0.6) is 0 Å². The fourth-order valence-corrected chi connectivity index (χ4v) is 4.09. The van der Waals surface area contributed by atoms with E-state index in [1.165, 1.54) is 6.07 Å². The van der Waals surface area contributed by atoms with Crippen molar-refractivity contribution in [3.8, 4) is 0 Å². The van der Waals surface area contributed by atoms with E-state index in [1.54, 1.807) is 25.3 Å². The second-order valence-electron chi connectivity index (χ2n) is 4.17. The maximum absolute atomic E-state index is 11.9. The van der Waals surface area contributed by atoms with Crippen molar-refractivity contribution in [2.24, 2.45) is 5.73 Å². The molecular weight excluding hydrogens is 292 g/mol. The first kappa shape index (κ1) is 13.4. The van der Waals surface area contributed by atoms with Crippen molar-refractivity contribution in [1.29, 1.82) is 0 Å². The molecule has 2 aromatic heterocycles. The second-order valence-corrected chi connectivity index (χ2v) is 8.01. The van der Waals surface area contributed by atoms with Gasteiger partial charge in [0.25, 0.3) is 10.0 Å². The Kier molecular flexibility index (Phi) is 3.41. The highest BCUT2D eigenvalue weighted by molar-refractivity contribution is 7.94. The molecule has 0 saturated heterocycles. The maximum atomic E-state index is 11.9. The molecule has 2 rings (SSSR count). The van der Waals surface area contributed by atoms with Gasteiger partial charge in [-0.1, -0.05) is 17.4 Å². The molecule has 0 spiro atoms. The van der Waals surface area contributed by atoms with Crippen molar-refractivity contribution in [3.05, 3.63) is 22.5 Å². The molecule has 0 amide bonds. The smallest absolute Gasteiger partial charge is 0.273 e. The first-order valence-corrected chi connectivity index (χ1v) is 8.16. The van der Waals surface area contributed by atoms with Gasteiger partial charge in [-0.05, 0) is 25.3 Å². The fraction of sp³-hybridized carbons (Fsp3) is 0.333. The quantitative estimate of drug-likeness (QED) is 0.894. The fourth-order valence-electron chi connectivity index (χ4n) is 1.11. The van der Waals surface area contributed by atoms with Gasteiger partial charge in [-0.3, -0.25) is 4.72 Å². The lowest BCUT2D eigenvalue weighted by Gasteiger charge is -2.12. The molecule has 0 aliphatic carbocycles. The van der Waals surface area contributed by atoms with Crippen LogP contribution in [0.2, 0.25) is 0 Å². The molecule has 2 heterocycles. The number of anilines is 1. The van der Waals surface area contributed by atoms with Gasteiger partial charge in [0.1, 0.15) is 9.22 Å². The topological polar surface area (TPSA) is 98.0 Å². The molecule has 9 heteroatoms. The van der Waals surface area contributed by atoms with Gasteiger partial charge in [0, 0.05) is 0 Å². The van der Waals surface area contributed by atoms with Crippen molar-refractivity contribution in [2.45, 2.75) is 23.6 Å². The lowest BCUT2D eigenvalue weighted by molar-refractivity contribution is 0.544. The lowest BCUT2D eigenvalue weighted by atomic mass is 10.1. The van der Waals surface area contributed by atoms with E-state index in [-0.39, 0.29) is 9.34 Å². The number of nitrogens with one attached hydrogen (secondary N) is 1. The predicted octanol–water partition coefficient (Wildman–Crippen LogP) is 1.59. The van der Waals surface area contributed by atoms with Crippen LogP contribution in [0, 0.1) is 0 Å². The van der Waals surface area contributed by atoms with Gasteiger partial charge >= 0.3 is 0 Å². The summed E-state index contributed by atoms with van der Waals surface area (Å²) < 4.78 is 26.5. The van der Waals surface area contributed by atoms with Crippen LogP contribution in [0.15, 0.2) is 21.7 Å². The van der Waals surface area contributed by atoms with Crippen LogP contribution in [0.1, 0.15) is 18.9 Å². The van der Waals surface area contributed by atoms with Crippen LogP contribution >= 0.6 is 22.7 Å². The molecule has 0 fully saturated rings. The summed E-state index contributed by atoms with van der Waals surface area (Å²) in [4.78, 5) is 0. The Balaban J connectivity index is 2.23. The summed E-state index contributed by atoms with van der Waals surface area (Å²) in [6.07, 6.45) is 0. The molecule has 0 aliphatic rings. The van der Waals surface area contributed by atoms with E-state index in [1.807, 2.05) is 0 Å². The SMILES string of the molecule is CC(C)(N)c1nnc(NS(=O)(=O)c2cccs2)s1. The van der Waals surface area contributed by atoms with Gasteiger partial charge in [-0.15, -0.1) is 21.5 Å². The highest BCUT2D eigenvalue weighted by atomic mass is 32.2. The molecule has 18 heavy (non-hydrogen) atoms. The number of thiophene rings is 1. The Morgan fingerprint density at radius 2 is 2.11 bits per heavy atom. The Bertz CT molecular complexity index is 625. The van der Waals surface area contributed by atoms with Crippen LogP contribution < -0.4 is 10.5 Å². The minimum absolute atomic E-state index is 0.219. The van der Waals surface area contributed by atoms with E-state index >= 15 is 0 Å². The summed E-state index contributed by atoms with van der Waals surface area (Å²) in [6.45, 7) is 3.57. The highest BCUT2D eigenvalue weighted by Gasteiger charge is 2.22. The highest BCUT2D eigenvalue weighted by Crippen LogP contribution is 2.26. The number of aromatic nitrogens is 2. The van der Waals surface area contributed by atoms with Crippen molar-refractivity contribution >= 4 is 37.8 Å². The molecular formula is C9H12N4O2S3. The van der Waals surface area contributed by atoms with Crippen LogP contribution in [-0.4, -0.2) is 18.6 Å². The van der Waals surface area contributed by atoms with E-state index in [2.05, 4.69) is 14.9 Å². The summed E-state index contributed by atoms with van der Waals surface area (Å²) in [6, 6.07) is 3.20. The number of nitrogens with zero attached hydrogens (tertiary/aromatic N) is 2. The number of hydrogen-bond donors (Lipinski definition) is 2. The molecule has 98 valence electrons. The summed E-state index contributed by atoms with van der Waals surface area (Å²) in [7, 11) is -3.57. The monoisotopic (exact) mass is 304 g/mol. The summed E-state index contributed by atoms with van der Waals surface area (Å²) in [5.41, 5.74) is 5.23. The molecule has 0 saturated carbocycles. The normalized spacial score (nSPS) is 12.6. The standard InChI is InChI=1S/C9H12N4O2S3/c1-9(2,10)7-11-12-8(17-7)13-18(14,15)6-4-3-5-16-6/h3-5H,10H2,1-2H3,(H,12,13). The minimum atomic E-state index is -3.57. The number of nitrogens with two attached hydrogens (primary N) is 1. The van der Waals surface area contributed by atoms with Crippen LogP contribution in [0.4, 0.5) is 5.13 Å². The first-order chi connectivity index (χ1) is 8.29. The summed E-state index contributed by atoms with van der Waals surface area (Å²) >= 11 is 2.27. The third-order valence-corrected chi connectivity index (χ3v) is 6.00. The molecule has 0 unspecified atom stereocenters. The van der Waals surface area contributed by atoms with Gasteiger partial charge in [0.15, 0.2) is 0 Å². The first-order valence-electron chi connectivity index (χ1n) is 4.98. The van der Waals surface area contributed by atoms with Gasteiger partial charge in [-0.25, -0.2) is 8.42 Å². The molecule has 0 atom stereocenters.